The highest BCUT2D eigenvalue weighted by molar-refractivity contribution is 7.80. The Hall–Kier alpha value is -3.53. The number of hydrogen-bond acceptors (Lipinski definition) is 8. The molecule has 0 aliphatic carbocycles. The highest BCUT2D eigenvalue weighted by atomic mass is 32.1. The Morgan fingerprint density at radius 3 is 2.37 bits per heavy atom. The molecule has 16 heteroatoms. The van der Waals surface area contributed by atoms with Crippen LogP contribution in [0.2, 0.25) is 0 Å². The molecular formula is C22H24F4N4O6S2. The van der Waals surface area contributed by atoms with Crippen LogP contribution < -0.4 is 15.4 Å². The lowest BCUT2D eigenvalue weighted by Gasteiger charge is -2.18. The minimum Gasteiger partial charge on any atom is -0.487 e. The van der Waals surface area contributed by atoms with Gasteiger partial charge in [0.05, 0.1) is 34.2 Å². The van der Waals surface area contributed by atoms with E-state index >= 15 is 0 Å². The molecule has 0 spiro atoms. The van der Waals surface area contributed by atoms with E-state index in [0.29, 0.717) is 18.7 Å². The van der Waals surface area contributed by atoms with Crippen LogP contribution in [0.1, 0.15) is 39.4 Å². The molecule has 0 aliphatic heterocycles. The Morgan fingerprint density at radius 2 is 1.84 bits per heavy atom. The molecule has 1 aromatic heterocycles. The van der Waals surface area contributed by atoms with Crippen molar-refractivity contribution < 1.29 is 41.5 Å². The summed E-state index contributed by atoms with van der Waals surface area (Å²) in [6.07, 6.45) is -3.99. The molecular weight excluding hydrogens is 556 g/mol. The van der Waals surface area contributed by atoms with Gasteiger partial charge in [-0.1, -0.05) is 0 Å². The first-order valence-electron chi connectivity index (χ1n) is 10.9. The van der Waals surface area contributed by atoms with Crippen molar-refractivity contribution >= 4 is 56.9 Å². The Kier molecular flexibility index (Phi) is 10.4. The molecule has 0 saturated carbocycles. The zero-order valence-corrected chi connectivity index (χ0v) is 22.2. The number of nitrogens with zero attached hydrogens (tertiary/aromatic N) is 2. The smallest absolute Gasteiger partial charge is 0.341 e. The third kappa shape index (κ3) is 7.28. The Bertz CT molecular complexity index is 1220. The van der Waals surface area contributed by atoms with Gasteiger partial charge in [-0.05, 0) is 38.6 Å². The lowest BCUT2D eigenvalue weighted by atomic mass is 10.1. The van der Waals surface area contributed by atoms with Gasteiger partial charge in [-0.15, -0.1) is 11.3 Å². The zero-order chi connectivity index (χ0) is 28.8. The van der Waals surface area contributed by atoms with Crippen molar-refractivity contribution in [3.63, 3.8) is 0 Å². The number of halogens is 4. The van der Waals surface area contributed by atoms with Crippen LogP contribution >= 0.6 is 23.6 Å². The number of esters is 1. The maximum Gasteiger partial charge on any atom is 0.341 e. The predicted octanol–water partition coefficient (Wildman–Crippen LogP) is 5.32. The van der Waals surface area contributed by atoms with E-state index in [-0.39, 0.29) is 32.1 Å². The Balaban J connectivity index is 2.35. The van der Waals surface area contributed by atoms with E-state index in [1.807, 2.05) is 0 Å². The van der Waals surface area contributed by atoms with E-state index in [9.17, 15) is 37.3 Å². The van der Waals surface area contributed by atoms with Crippen molar-refractivity contribution in [2.45, 2.75) is 33.1 Å². The number of nitro benzene ring substituents is 1. The van der Waals surface area contributed by atoms with E-state index in [4.69, 9.17) is 17.0 Å². The van der Waals surface area contributed by atoms with Crippen LogP contribution in [0.15, 0.2) is 18.2 Å². The molecule has 2 N–H and O–H groups in total. The summed E-state index contributed by atoms with van der Waals surface area (Å²) < 4.78 is 60.9. The largest absolute Gasteiger partial charge is 0.487 e. The SMILES string of the molecule is CCN(CC)C(=O)c1sc(NC(=S)Nc2cc(OCC(F)(F)C(F)F)cc([N+](=O)[O-])c2)c(C(=O)OC)c1C. The van der Waals surface area contributed by atoms with Crippen LogP contribution in [0.3, 0.4) is 0 Å². The molecule has 0 fully saturated rings. The van der Waals surface area contributed by atoms with E-state index in [1.165, 1.54) is 0 Å². The van der Waals surface area contributed by atoms with Gasteiger partial charge in [-0.2, -0.15) is 8.78 Å². The van der Waals surface area contributed by atoms with E-state index < -0.39 is 41.3 Å². The number of rotatable bonds is 11. The zero-order valence-electron chi connectivity index (χ0n) is 20.6. The van der Waals surface area contributed by atoms with Gasteiger partial charge in [0.25, 0.3) is 11.6 Å². The molecule has 10 nitrogen and oxygen atoms in total. The second-order valence-corrected chi connectivity index (χ2v) is 9.06. The average Bonchev–Trinajstić information content (AvgIpc) is 3.17. The number of ether oxygens (including phenoxy) is 2. The van der Waals surface area contributed by atoms with E-state index in [1.54, 1.807) is 25.7 Å². The predicted molar refractivity (Wildman–Crippen MR) is 137 cm³/mol. The number of thiophene rings is 1. The van der Waals surface area contributed by atoms with Crippen molar-refractivity contribution in [2.24, 2.45) is 0 Å². The monoisotopic (exact) mass is 580 g/mol. The number of anilines is 2. The summed E-state index contributed by atoms with van der Waals surface area (Å²) in [5, 5.41) is 16.6. The summed E-state index contributed by atoms with van der Waals surface area (Å²) in [5.41, 5.74) is -0.286. The van der Waals surface area contributed by atoms with Gasteiger partial charge in [0.2, 0.25) is 0 Å². The number of carbonyl (C=O) groups excluding carboxylic acids is 2. The summed E-state index contributed by atoms with van der Waals surface area (Å²) in [7, 11) is 1.16. The van der Waals surface area contributed by atoms with Crippen molar-refractivity contribution in [3.8, 4) is 5.75 Å². The number of hydrogen-bond donors (Lipinski definition) is 2. The molecule has 0 aliphatic rings. The lowest BCUT2D eigenvalue weighted by molar-refractivity contribution is -0.384. The number of benzene rings is 1. The Labute approximate surface area is 224 Å². The molecule has 0 radical (unpaired) electrons. The van der Waals surface area contributed by atoms with Crippen molar-refractivity contribution in [3.05, 3.63) is 44.3 Å². The van der Waals surface area contributed by atoms with Crippen molar-refractivity contribution in [2.75, 3.05) is 37.4 Å². The van der Waals surface area contributed by atoms with Crippen LogP contribution in [0, 0.1) is 17.0 Å². The molecule has 2 aromatic rings. The summed E-state index contributed by atoms with van der Waals surface area (Å²) in [6, 6.07) is 2.83. The third-order valence-electron chi connectivity index (χ3n) is 5.12. The van der Waals surface area contributed by atoms with Gasteiger partial charge in [0.1, 0.15) is 10.8 Å². The minimum absolute atomic E-state index is 0.0504. The fraction of sp³-hybridized carbons (Fsp3) is 0.409. The molecule has 0 atom stereocenters. The summed E-state index contributed by atoms with van der Waals surface area (Å²) >= 11 is 6.18. The Morgan fingerprint density at radius 1 is 1.21 bits per heavy atom. The van der Waals surface area contributed by atoms with Gasteiger partial charge in [-0.3, -0.25) is 14.9 Å². The standard InChI is InChI=1S/C22H24F4N4O6S2/c1-5-29(6-2)18(31)16-11(3)15(19(32)35-4)17(38-16)28-21(37)27-12-7-13(30(33)34)9-14(8-12)36-10-22(25,26)20(23)24/h7-9,20H,5-6,10H2,1-4H3,(H2,27,28,37). The number of carbonyl (C=O) groups is 2. The van der Waals surface area contributed by atoms with Crippen LogP contribution in [0.4, 0.5) is 33.9 Å². The fourth-order valence-corrected chi connectivity index (χ4v) is 4.61. The molecule has 1 aromatic carbocycles. The quantitative estimate of drug-likeness (QED) is 0.120. The highest BCUT2D eigenvalue weighted by Crippen LogP contribution is 2.35. The maximum atomic E-state index is 13.2. The first-order chi connectivity index (χ1) is 17.7. The van der Waals surface area contributed by atoms with Crippen LogP contribution in [-0.2, 0) is 4.74 Å². The second-order valence-electron chi connectivity index (χ2n) is 7.63. The number of nitro groups is 1. The third-order valence-corrected chi connectivity index (χ3v) is 6.52. The number of thiocarbonyl (C=S) groups is 1. The van der Waals surface area contributed by atoms with Crippen molar-refractivity contribution in [1.29, 1.82) is 0 Å². The van der Waals surface area contributed by atoms with Crippen LogP contribution in [-0.4, -0.2) is 66.0 Å². The number of methoxy groups -OCH3 is 1. The minimum atomic E-state index is -4.48. The van der Waals surface area contributed by atoms with Gasteiger partial charge >= 0.3 is 18.3 Å². The fourth-order valence-electron chi connectivity index (χ4n) is 3.16. The van der Waals surface area contributed by atoms with E-state index in [2.05, 4.69) is 15.4 Å². The first kappa shape index (κ1) is 30.7. The molecule has 1 amide bonds. The molecule has 208 valence electrons. The normalized spacial score (nSPS) is 11.2. The second kappa shape index (κ2) is 12.8. The molecule has 1 heterocycles. The number of alkyl halides is 4. The number of non-ortho nitro benzene ring substituents is 1. The van der Waals surface area contributed by atoms with Gasteiger partial charge in [0.15, 0.2) is 11.7 Å². The number of amides is 1. The maximum absolute atomic E-state index is 13.2. The molecule has 0 saturated heterocycles. The number of nitrogens with one attached hydrogen (secondary N) is 2. The molecule has 2 rings (SSSR count). The van der Waals surface area contributed by atoms with Gasteiger partial charge < -0.3 is 25.0 Å². The van der Waals surface area contributed by atoms with Gasteiger partial charge in [-0.25, -0.2) is 13.6 Å². The molecule has 0 bridgehead atoms. The molecule has 38 heavy (non-hydrogen) atoms. The lowest BCUT2D eigenvalue weighted by Crippen LogP contribution is -2.33. The van der Waals surface area contributed by atoms with Gasteiger partial charge in [0, 0.05) is 25.2 Å². The highest BCUT2D eigenvalue weighted by Gasteiger charge is 2.41. The van der Waals surface area contributed by atoms with Crippen LogP contribution in [0.5, 0.6) is 5.75 Å². The summed E-state index contributed by atoms with van der Waals surface area (Å²) in [4.78, 5) is 37.6. The van der Waals surface area contributed by atoms with Crippen LogP contribution in [0.25, 0.3) is 0 Å². The molecule has 0 unspecified atom stereocenters. The van der Waals surface area contributed by atoms with E-state index in [0.717, 1.165) is 36.6 Å². The average molecular weight is 581 g/mol. The van der Waals surface area contributed by atoms with Crippen molar-refractivity contribution in [1.82, 2.24) is 4.90 Å². The topological polar surface area (TPSA) is 123 Å². The first-order valence-corrected chi connectivity index (χ1v) is 12.1. The summed E-state index contributed by atoms with van der Waals surface area (Å²) in [5.74, 6) is -6.01. The summed E-state index contributed by atoms with van der Waals surface area (Å²) in [6.45, 7) is 4.33.